The van der Waals surface area contributed by atoms with Gasteiger partial charge >= 0.3 is 0 Å². The third kappa shape index (κ3) is 2.81. The molecule has 0 bridgehead atoms. The fourth-order valence-electron chi connectivity index (χ4n) is 2.16. The van der Waals surface area contributed by atoms with Crippen molar-refractivity contribution in [3.8, 4) is 0 Å². The molecule has 2 unspecified atom stereocenters. The smallest absolute Gasteiger partial charge is 0.259 e. The molecular weight excluding hydrogens is 262 g/mol. The summed E-state index contributed by atoms with van der Waals surface area (Å²) in [7, 11) is -1.77. The lowest BCUT2D eigenvalue weighted by Crippen LogP contribution is -2.38. The molecule has 1 heterocycles. The van der Waals surface area contributed by atoms with Gasteiger partial charge in [-0.2, -0.15) is 0 Å². The van der Waals surface area contributed by atoms with Crippen LogP contribution in [0.2, 0.25) is 0 Å². The molecule has 0 radical (unpaired) electrons. The van der Waals surface area contributed by atoms with Gasteiger partial charge in [0.25, 0.3) is 10.0 Å². The minimum Gasteiger partial charge on any atom is -0.339 e. The number of aromatic nitrogens is 2. The zero-order valence-electron chi connectivity index (χ0n) is 9.63. The summed E-state index contributed by atoms with van der Waals surface area (Å²) in [5.74, 6) is 0.727. The van der Waals surface area contributed by atoms with Crippen molar-refractivity contribution in [3.63, 3.8) is 0 Å². The molecule has 1 aliphatic carbocycles. The highest BCUT2D eigenvalue weighted by Gasteiger charge is 2.31. The van der Waals surface area contributed by atoms with Crippen LogP contribution in [0.3, 0.4) is 0 Å². The second kappa shape index (κ2) is 4.96. The minimum absolute atomic E-state index is 0.0560. The highest BCUT2D eigenvalue weighted by atomic mass is 35.5. The standard InChI is InChI=1S/C10H16ClN3O2S/c1-14-6-10(12-7-14)17(15,16)13-9-4-2-3-8(9)5-11/h6-9,13H,2-5H2,1H3. The molecule has 1 N–H and O–H groups in total. The molecule has 2 rings (SSSR count). The molecule has 0 saturated heterocycles. The van der Waals surface area contributed by atoms with Gasteiger partial charge in [0.2, 0.25) is 0 Å². The van der Waals surface area contributed by atoms with Crippen LogP contribution in [0, 0.1) is 5.92 Å². The molecule has 96 valence electrons. The molecule has 17 heavy (non-hydrogen) atoms. The number of halogens is 1. The van der Waals surface area contributed by atoms with E-state index in [1.54, 1.807) is 11.6 Å². The zero-order valence-corrected chi connectivity index (χ0v) is 11.2. The Balaban J connectivity index is 2.12. The summed E-state index contributed by atoms with van der Waals surface area (Å²) in [6, 6.07) is -0.0560. The Morgan fingerprint density at radius 3 is 2.94 bits per heavy atom. The van der Waals surface area contributed by atoms with Crippen molar-refractivity contribution in [1.82, 2.24) is 14.3 Å². The molecule has 1 aromatic heterocycles. The van der Waals surface area contributed by atoms with Crippen molar-refractivity contribution in [2.75, 3.05) is 5.88 Å². The number of sulfonamides is 1. The van der Waals surface area contributed by atoms with Gasteiger partial charge in [-0.05, 0) is 18.8 Å². The first-order valence-electron chi connectivity index (χ1n) is 5.59. The van der Waals surface area contributed by atoms with Crippen LogP contribution >= 0.6 is 11.6 Å². The lowest BCUT2D eigenvalue weighted by Gasteiger charge is -2.17. The molecular formula is C10H16ClN3O2S. The summed E-state index contributed by atoms with van der Waals surface area (Å²) in [5, 5.41) is 0.0697. The topological polar surface area (TPSA) is 64.0 Å². The number of imidazole rings is 1. The van der Waals surface area contributed by atoms with E-state index in [2.05, 4.69) is 9.71 Å². The fourth-order valence-corrected chi connectivity index (χ4v) is 3.85. The number of alkyl halides is 1. The highest BCUT2D eigenvalue weighted by Crippen LogP contribution is 2.27. The molecule has 2 atom stereocenters. The van der Waals surface area contributed by atoms with Crippen LogP contribution in [0.25, 0.3) is 0 Å². The Bertz CT molecular complexity index is 485. The van der Waals surface area contributed by atoms with E-state index in [-0.39, 0.29) is 17.0 Å². The third-order valence-electron chi connectivity index (χ3n) is 3.12. The Hall–Kier alpha value is -0.590. The molecule has 0 amide bonds. The van der Waals surface area contributed by atoms with Crippen molar-refractivity contribution in [3.05, 3.63) is 12.5 Å². The third-order valence-corrected chi connectivity index (χ3v) is 4.89. The first kappa shape index (κ1) is 12.9. The van der Waals surface area contributed by atoms with Crippen LogP contribution < -0.4 is 4.72 Å². The molecule has 0 aromatic carbocycles. The van der Waals surface area contributed by atoms with E-state index in [1.807, 2.05) is 0 Å². The molecule has 1 saturated carbocycles. The van der Waals surface area contributed by atoms with Crippen LogP contribution in [0.15, 0.2) is 17.6 Å². The summed E-state index contributed by atoms with van der Waals surface area (Å²) in [4.78, 5) is 3.86. The summed E-state index contributed by atoms with van der Waals surface area (Å²) >= 11 is 5.83. The van der Waals surface area contributed by atoms with E-state index in [0.29, 0.717) is 5.88 Å². The Morgan fingerprint density at radius 1 is 1.59 bits per heavy atom. The van der Waals surface area contributed by atoms with Crippen LogP contribution in [0.4, 0.5) is 0 Å². The second-order valence-electron chi connectivity index (χ2n) is 4.45. The maximum Gasteiger partial charge on any atom is 0.259 e. The van der Waals surface area contributed by atoms with Crippen LogP contribution in [-0.4, -0.2) is 29.9 Å². The van der Waals surface area contributed by atoms with Gasteiger partial charge in [-0.15, -0.1) is 11.6 Å². The first-order chi connectivity index (χ1) is 8.03. The van der Waals surface area contributed by atoms with Crippen molar-refractivity contribution < 1.29 is 8.42 Å². The first-order valence-corrected chi connectivity index (χ1v) is 7.61. The summed E-state index contributed by atoms with van der Waals surface area (Å²) in [6.45, 7) is 0. The maximum atomic E-state index is 12.0. The molecule has 7 heteroatoms. The molecule has 0 aliphatic heterocycles. The van der Waals surface area contributed by atoms with E-state index in [9.17, 15) is 8.42 Å². The number of hydrogen-bond acceptors (Lipinski definition) is 3. The molecule has 1 fully saturated rings. The lowest BCUT2D eigenvalue weighted by molar-refractivity contribution is 0.479. The number of rotatable bonds is 4. The van der Waals surface area contributed by atoms with E-state index >= 15 is 0 Å². The predicted octanol–water partition coefficient (Wildman–Crippen LogP) is 1.11. The number of nitrogens with one attached hydrogen (secondary N) is 1. The van der Waals surface area contributed by atoms with Gasteiger partial charge in [0, 0.05) is 25.2 Å². The van der Waals surface area contributed by atoms with E-state index in [4.69, 9.17) is 11.6 Å². The summed E-state index contributed by atoms with van der Waals surface area (Å²) < 4.78 is 28.4. The fraction of sp³-hybridized carbons (Fsp3) is 0.700. The number of nitrogens with zero attached hydrogens (tertiary/aromatic N) is 2. The molecule has 5 nitrogen and oxygen atoms in total. The van der Waals surface area contributed by atoms with Crippen LogP contribution in [-0.2, 0) is 17.1 Å². The normalized spacial score (nSPS) is 25.3. The Labute approximate surface area is 106 Å². The molecule has 0 spiro atoms. The monoisotopic (exact) mass is 277 g/mol. The van der Waals surface area contributed by atoms with Crippen LogP contribution in [0.1, 0.15) is 19.3 Å². The van der Waals surface area contributed by atoms with Crippen molar-refractivity contribution in [1.29, 1.82) is 0 Å². The largest absolute Gasteiger partial charge is 0.339 e. The van der Waals surface area contributed by atoms with Gasteiger partial charge in [0.05, 0.1) is 6.33 Å². The lowest BCUT2D eigenvalue weighted by atomic mass is 10.1. The van der Waals surface area contributed by atoms with Gasteiger partial charge < -0.3 is 4.57 Å². The SMILES string of the molecule is Cn1cnc(S(=O)(=O)NC2CCCC2CCl)c1. The average molecular weight is 278 g/mol. The van der Waals surface area contributed by atoms with Crippen molar-refractivity contribution >= 4 is 21.6 Å². The second-order valence-corrected chi connectivity index (χ2v) is 6.42. The van der Waals surface area contributed by atoms with Crippen molar-refractivity contribution in [2.45, 2.75) is 30.3 Å². The van der Waals surface area contributed by atoms with Gasteiger partial charge in [-0.25, -0.2) is 18.1 Å². The quantitative estimate of drug-likeness (QED) is 0.839. The zero-order chi connectivity index (χ0) is 12.5. The number of aryl methyl sites for hydroxylation is 1. The summed E-state index contributed by atoms with van der Waals surface area (Å²) in [6.07, 6.45) is 5.82. The highest BCUT2D eigenvalue weighted by molar-refractivity contribution is 7.89. The van der Waals surface area contributed by atoms with E-state index in [1.165, 1.54) is 12.5 Å². The van der Waals surface area contributed by atoms with E-state index < -0.39 is 10.0 Å². The van der Waals surface area contributed by atoms with Crippen LogP contribution in [0.5, 0.6) is 0 Å². The summed E-state index contributed by atoms with van der Waals surface area (Å²) in [5.41, 5.74) is 0. The predicted molar refractivity (Wildman–Crippen MR) is 65.4 cm³/mol. The Kier molecular flexibility index (Phi) is 3.75. The van der Waals surface area contributed by atoms with Gasteiger partial charge in [0.1, 0.15) is 0 Å². The van der Waals surface area contributed by atoms with Gasteiger partial charge in [0.15, 0.2) is 5.03 Å². The minimum atomic E-state index is -3.51. The van der Waals surface area contributed by atoms with Gasteiger partial charge in [-0.3, -0.25) is 0 Å². The van der Waals surface area contributed by atoms with E-state index in [0.717, 1.165) is 19.3 Å². The maximum absolute atomic E-state index is 12.0. The van der Waals surface area contributed by atoms with Crippen molar-refractivity contribution in [2.24, 2.45) is 13.0 Å². The Morgan fingerprint density at radius 2 is 2.35 bits per heavy atom. The molecule has 1 aliphatic rings. The number of hydrogen-bond donors (Lipinski definition) is 1. The van der Waals surface area contributed by atoms with Gasteiger partial charge in [-0.1, -0.05) is 6.42 Å². The molecule has 1 aromatic rings. The average Bonchev–Trinajstić information content (AvgIpc) is 2.86.